The average molecular weight is 402 g/mol. The summed E-state index contributed by atoms with van der Waals surface area (Å²) in [6.07, 6.45) is 5.33. The molecule has 6 nitrogen and oxygen atoms in total. The first kappa shape index (κ1) is 15.1. The summed E-state index contributed by atoms with van der Waals surface area (Å²) in [5.41, 5.74) is 3.18. The van der Waals surface area contributed by atoms with Crippen molar-refractivity contribution in [2.75, 3.05) is 5.32 Å². The van der Waals surface area contributed by atoms with Crippen LogP contribution in [0.25, 0.3) is 17.5 Å². The number of fused-ring (bicyclic) bond motifs is 1. The number of carbonyl (C=O) groups excluding carboxylic acids is 1. The number of benzene rings is 1. The third kappa shape index (κ3) is 2.98. The van der Waals surface area contributed by atoms with Crippen molar-refractivity contribution < 1.29 is 4.79 Å². The van der Waals surface area contributed by atoms with Crippen LogP contribution in [0.15, 0.2) is 57.8 Å². The van der Waals surface area contributed by atoms with Gasteiger partial charge in [0.25, 0.3) is 5.91 Å². The Labute approximate surface area is 150 Å². The van der Waals surface area contributed by atoms with Gasteiger partial charge >= 0.3 is 0 Å². The summed E-state index contributed by atoms with van der Waals surface area (Å²) in [4.78, 5) is 23.9. The van der Waals surface area contributed by atoms with E-state index >= 15 is 0 Å². The highest BCUT2D eigenvalue weighted by Gasteiger charge is 2.17. The van der Waals surface area contributed by atoms with Crippen LogP contribution >= 0.6 is 27.9 Å². The lowest BCUT2D eigenvalue weighted by Crippen LogP contribution is -2.23. The summed E-state index contributed by atoms with van der Waals surface area (Å²) < 4.78 is 4.00. The molecule has 24 heavy (non-hydrogen) atoms. The van der Waals surface area contributed by atoms with Crippen molar-refractivity contribution in [1.29, 1.82) is 0 Å². The molecular weight excluding hydrogens is 390 g/mol. The minimum absolute atomic E-state index is 0.245. The van der Waals surface area contributed by atoms with E-state index in [2.05, 4.69) is 40.9 Å². The van der Waals surface area contributed by atoms with E-state index in [1.54, 1.807) is 6.20 Å². The van der Waals surface area contributed by atoms with Gasteiger partial charge in [0.15, 0.2) is 0 Å². The SMILES string of the molecule is O=C(Nc1ncc(-c2cc(Br)c[nH]2)[nH]1)C1=Cc2ccccc2SN1. The van der Waals surface area contributed by atoms with Gasteiger partial charge in [0, 0.05) is 15.6 Å². The normalized spacial score (nSPS) is 13.0. The Hall–Kier alpha value is -2.45. The van der Waals surface area contributed by atoms with Crippen LogP contribution < -0.4 is 10.0 Å². The van der Waals surface area contributed by atoms with Gasteiger partial charge in [0.05, 0.1) is 17.6 Å². The van der Waals surface area contributed by atoms with E-state index < -0.39 is 0 Å². The summed E-state index contributed by atoms with van der Waals surface area (Å²) in [6.45, 7) is 0. The quantitative estimate of drug-likeness (QED) is 0.503. The van der Waals surface area contributed by atoms with Crippen LogP contribution in [0.2, 0.25) is 0 Å². The van der Waals surface area contributed by atoms with Crippen molar-refractivity contribution in [3.63, 3.8) is 0 Å². The molecule has 8 heteroatoms. The minimum Gasteiger partial charge on any atom is -0.359 e. The summed E-state index contributed by atoms with van der Waals surface area (Å²) in [5, 5.41) is 2.76. The standard InChI is InChI=1S/C16H12BrN5OS/c17-10-6-11(18-7-10)13-8-19-16(20-13)21-15(23)12-5-9-3-1-2-4-14(9)24-22-12/h1-8,18,22H,(H2,19,20,21,23). The summed E-state index contributed by atoms with van der Waals surface area (Å²) in [5.74, 6) is 0.151. The molecule has 2 aromatic heterocycles. The van der Waals surface area contributed by atoms with Crippen LogP contribution in [-0.4, -0.2) is 20.9 Å². The van der Waals surface area contributed by atoms with Crippen LogP contribution in [0, 0.1) is 0 Å². The number of rotatable bonds is 3. The summed E-state index contributed by atoms with van der Waals surface area (Å²) >= 11 is 4.81. The maximum atomic E-state index is 12.4. The van der Waals surface area contributed by atoms with E-state index in [-0.39, 0.29) is 5.91 Å². The number of anilines is 1. The molecule has 4 N–H and O–H groups in total. The zero-order chi connectivity index (χ0) is 16.5. The number of hydrogen-bond donors (Lipinski definition) is 4. The molecule has 0 atom stereocenters. The maximum Gasteiger partial charge on any atom is 0.274 e. The molecule has 0 radical (unpaired) electrons. The maximum absolute atomic E-state index is 12.4. The largest absolute Gasteiger partial charge is 0.359 e. The lowest BCUT2D eigenvalue weighted by Gasteiger charge is -2.16. The number of aromatic amines is 2. The predicted molar refractivity (Wildman–Crippen MR) is 98.1 cm³/mol. The number of aromatic nitrogens is 3. The molecule has 1 aliphatic heterocycles. The van der Waals surface area contributed by atoms with E-state index in [9.17, 15) is 4.79 Å². The number of H-pyrrole nitrogens is 2. The van der Waals surface area contributed by atoms with Gasteiger partial charge < -0.3 is 14.7 Å². The lowest BCUT2D eigenvalue weighted by molar-refractivity contribution is -0.113. The Morgan fingerprint density at radius 1 is 1.25 bits per heavy atom. The van der Waals surface area contributed by atoms with E-state index in [1.165, 1.54) is 11.9 Å². The molecule has 1 aromatic carbocycles. The van der Waals surface area contributed by atoms with Crippen molar-refractivity contribution in [3.8, 4) is 11.4 Å². The molecule has 0 aliphatic carbocycles. The third-order valence-corrected chi connectivity index (χ3v) is 4.85. The number of nitrogens with one attached hydrogen (secondary N) is 4. The van der Waals surface area contributed by atoms with Crippen LogP contribution in [0.5, 0.6) is 0 Å². The molecule has 0 saturated carbocycles. The zero-order valence-electron chi connectivity index (χ0n) is 12.3. The number of nitrogens with zero attached hydrogens (tertiary/aromatic N) is 1. The van der Waals surface area contributed by atoms with Crippen LogP contribution in [-0.2, 0) is 4.79 Å². The average Bonchev–Trinajstić information content (AvgIpc) is 3.23. The molecule has 0 spiro atoms. The first-order valence-electron chi connectivity index (χ1n) is 7.13. The van der Waals surface area contributed by atoms with Gasteiger partial charge in [-0.1, -0.05) is 18.2 Å². The molecule has 0 saturated heterocycles. The van der Waals surface area contributed by atoms with Crippen molar-refractivity contribution in [3.05, 3.63) is 58.5 Å². The number of hydrogen-bond acceptors (Lipinski definition) is 4. The lowest BCUT2D eigenvalue weighted by atomic mass is 10.2. The first-order valence-corrected chi connectivity index (χ1v) is 8.74. The van der Waals surface area contributed by atoms with Gasteiger partial charge in [-0.05, 0) is 51.7 Å². The second-order valence-corrected chi connectivity index (χ2v) is 6.89. The predicted octanol–water partition coefficient (Wildman–Crippen LogP) is 3.76. The molecule has 1 aliphatic rings. The van der Waals surface area contributed by atoms with E-state index in [4.69, 9.17) is 0 Å². The summed E-state index contributed by atoms with van der Waals surface area (Å²) in [6, 6.07) is 9.83. The highest BCUT2D eigenvalue weighted by atomic mass is 79.9. The Bertz CT molecular complexity index is 945. The topological polar surface area (TPSA) is 85.6 Å². The fourth-order valence-electron chi connectivity index (χ4n) is 2.32. The number of carbonyl (C=O) groups is 1. The Kier molecular flexibility index (Phi) is 3.91. The van der Waals surface area contributed by atoms with E-state index in [1.807, 2.05) is 42.6 Å². The highest BCUT2D eigenvalue weighted by Crippen LogP contribution is 2.28. The second-order valence-electron chi connectivity index (χ2n) is 5.13. The summed E-state index contributed by atoms with van der Waals surface area (Å²) in [7, 11) is 0. The van der Waals surface area contributed by atoms with Crippen LogP contribution in [0.1, 0.15) is 5.56 Å². The van der Waals surface area contributed by atoms with Crippen molar-refractivity contribution >= 4 is 45.8 Å². The van der Waals surface area contributed by atoms with Gasteiger partial charge in [-0.25, -0.2) is 4.98 Å². The highest BCUT2D eigenvalue weighted by molar-refractivity contribution is 9.10. The Morgan fingerprint density at radius 2 is 2.12 bits per heavy atom. The minimum atomic E-state index is -0.245. The van der Waals surface area contributed by atoms with E-state index in [0.717, 1.165) is 26.3 Å². The van der Waals surface area contributed by atoms with Gasteiger partial charge in [-0.2, -0.15) is 0 Å². The third-order valence-electron chi connectivity index (χ3n) is 3.48. The van der Waals surface area contributed by atoms with Gasteiger partial charge in [0.1, 0.15) is 5.70 Å². The molecule has 0 unspecified atom stereocenters. The van der Waals surface area contributed by atoms with Crippen LogP contribution in [0.4, 0.5) is 5.95 Å². The molecule has 0 bridgehead atoms. The van der Waals surface area contributed by atoms with Crippen LogP contribution in [0.3, 0.4) is 0 Å². The zero-order valence-corrected chi connectivity index (χ0v) is 14.7. The first-order chi connectivity index (χ1) is 11.7. The molecule has 1 amide bonds. The fraction of sp³-hybridized carbons (Fsp3) is 0. The van der Waals surface area contributed by atoms with Gasteiger partial charge in [-0.3, -0.25) is 10.1 Å². The monoisotopic (exact) mass is 401 g/mol. The Morgan fingerprint density at radius 3 is 2.96 bits per heavy atom. The van der Waals surface area contributed by atoms with Crippen molar-refractivity contribution in [1.82, 2.24) is 19.7 Å². The van der Waals surface area contributed by atoms with Crippen molar-refractivity contribution in [2.24, 2.45) is 0 Å². The Balaban J connectivity index is 1.51. The number of amides is 1. The molecule has 3 aromatic rings. The van der Waals surface area contributed by atoms with Crippen molar-refractivity contribution in [2.45, 2.75) is 4.90 Å². The van der Waals surface area contributed by atoms with E-state index in [0.29, 0.717) is 11.6 Å². The molecule has 120 valence electrons. The number of imidazole rings is 1. The molecule has 4 rings (SSSR count). The van der Waals surface area contributed by atoms with Gasteiger partial charge in [-0.15, -0.1) is 0 Å². The van der Waals surface area contributed by atoms with Gasteiger partial charge in [0.2, 0.25) is 5.95 Å². The smallest absolute Gasteiger partial charge is 0.274 e. The second kappa shape index (κ2) is 6.21. The molecule has 3 heterocycles. The number of halogens is 1. The molecular formula is C16H12BrN5OS. The fourth-order valence-corrected chi connectivity index (χ4v) is 3.43. The molecule has 0 fully saturated rings.